The number of hydrogen-bond acceptors (Lipinski definition) is 2. The highest BCUT2D eigenvalue weighted by Crippen LogP contribution is 2.13. The fourth-order valence-corrected chi connectivity index (χ4v) is 1.75. The van der Waals surface area contributed by atoms with Gasteiger partial charge in [0.05, 0.1) is 6.54 Å². The van der Waals surface area contributed by atoms with E-state index in [4.69, 9.17) is 12.2 Å². The van der Waals surface area contributed by atoms with Crippen molar-refractivity contribution < 1.29 is 4.79 Å². The van der Waals surface area contributed by atoms with E-state index in [-0.39, 0.29) is 5.91 Å². The van der Waals surface area contributed by atoms with Gasteiger partial charge in [-0.05, 0) is 37.1 Å². The summed E-state index contributed by atoms with van der Waals surface area (Å²) in [5, 5.41) is 0. The Balaban J connectivity index is 2.96. The fourth-order valence-electron chi connectivity index (χ4n) is 1.75. The number of carbonyl (C=O) groups excluding carboxylic acids is 1. The number of anilines is 1. The van der Waals surface area contributed by atoms with E-state index in [0.717, 1.165) is 12.0 Å². The molecule has 0 unspecified atom stereocenters. The minimum atomic E-state index is -0.0554. The maximum Gasteiger partial charge on any atom is 0.254 e. The Kier molecular flexibility index (Phi) is 4.59. The fraction of sp³-hybridized carbons (Fsp3) is 0.357. The van der Waals surface area contributed by atoms with Crippen molar-refractivity contribution in [1.82, 2.24) is 4.90 Å². The van der Waals surface area contributed by atoms with Crippen molar-refractivity contribution in [3.63, 3.8) is 0 Å². The van der Waals surface area contributed by atoms with Crippen LogP contribution in [-0.2, 0) is 0 Å². The molecule has 0 aliphatic heterocycles. The molecule has 17 heavy (non-hydrogen) atoms. The van der Waals surface area contributed by atoms with E-state index < -0.39 is 0 Å². The molecule has 0 fully saturated rings. The van der Waals surface area contributed by atoms with Crippen LogP contribution in [0.3, 0.4) is 0 Å². The van der Waals surface area contributed by atoms with E-state index in [9.17, 15) is 4.79 Å². The molecule has 3 heteroatoms. The highest BCUT2D eigenvalue weighted by molar-refractivity contribution is 5.95. The predicted octanol–water partition coefficient (Wildman–Crippen LogP) is 2.06. The first-order valence-electron chi connectivity index (χ1n) is 5.68. The van der Waals surface area contributed by atoms with Crippen LogP contribution in [0.1, 0.15) is 29.3 Å². The zero-order valence-electron chi connectivity index (χ0n) is 10.4. The average molecular weight is 230 g/mol. The number of hydrogen-bond donors (Lipinski definition) is 1. The number of nitrogen functional groups attached to an aromatic ring is 1. The van der Waals surface area contributed by atoms with Crippen LogP contribution in [0.4, 0.5) is 5.69 Å². The first-order valence-corrected chi connectivity index (χ1v) is 5.68. The zero-order chi connectivity index (χ0) is 12.8. The molecule has 0 aromatic heterocycles. The number of benzene rings is 1. The van der Waals surface area contributed by atoms with E-state index >= 15 is 0 Å². The van der Waals surface area contributed by atoms with E-state index in [1.165, 1.54) is 0 Å². The Bertz CT molecular complexity index is 426. The van der Waals surface area contributed by atoms with Gasteiger partial charge in [0.15, 0.2) is 0 Å². The predicted molar refractivity (Wildman–Crippen MR) is 70.6 cm³/mol. The lowest BCUT2D eigenvalue weighted by molar-refractivity contribution is 0.0777. The molecule has 1 amide bonds. The normalized spacial score (nSPS) is 9.71. The summed E-state index contributed by atoms with van der Waals surface area (Å²) < 4.78 is 0. The van der Waals surface area contributed by atoms with Crippen molar-refractivity contribution in [3.8, 4) is 12.3 Å². The van der Waals surface area contributed by atoms with Crippen molar-refractivity contribution in [2.24, 2.45) is 0 Å². The van der Waals surface area contributed by atoms with Crippen LogP contribution in [0.2, 0.25) is 0 Å². The van der Waals surface area contributed by atoms with Crippen LogP contribution >= 0.6 is 0 Å². The molecule has 1 aromatic carbocycles. The van der Waals surface area contributed by atoms with E-state index in [0.29, 0.717) is 24.3 Å². The van der Waals surface area contributed by atoms with Gasteiger partial charge in [0.2, 0.25) is 0 Å². The first kappa shape index (κ1) is 13.1. The minimum Gasteiger partial charge on any atom is -0.399 e. The third kappa shape index (κ3) is 3.53. The standard InChI is InChI=1S/C14H18N2O/c1-4-6-16(7-5-2)14(17)12-8-11(3)9-13(15)10-12/h1,8-10H,5-7,15H2,2-3H3. The Morgan fingerprint density at radius 2 is 2.18 bits per heavy atom. The highest BCUT2D eigenvalue weighted by atomic mass is 16.2. The number of nitrogens with two attached hydrogens (primary N) is 1. The van der Waals surface area contributed by atoms with E-state index in [1.54, 1.807) is 11.0 Å². The van der Waals surface area contributed by atoms with Crippen LogP contribution in [-0.4, -0.2) is 23.9 Å². The van der Waals surface area contributed by atoms with Gasteiger partial charge >= 0.3 is 0 Å². The second-order valence-electron chi connectivity index (χ2n) is 4.06. The Hall–Kier alpha value is -1.95. The van der Waals surface area contributed by atoms with E-state index in [2.05, 4.69) is 5.92 Å². The molecular weight excluding hydrogens is 212 g/mol. The Labute approximate surface area is 103 Å². The van der Waals surface area contributed by atoms with Crippen LogP contribution in [0.5, 0.6) is 0 Å². The summed E-state index contributed by atoms with van der Waals surface area (Å²) in [6.45, 7) is 4.93. The summed E-state index contributed by atoms with van der Waals surface area (Å²) in [6, 6.07) is 5.36. The van der Waals surface area contributed by atoms with Gasteiger partial charge in [-0.15, -0.1) is 6.42 Å². The molecular formula is C14H18N2O. The van der Waals surface area contributed by atoms with Gasteiger partial charge in [0.25, 0.3) is 5.91 Å². The molecule has 2 N–H and O–H groups in total. The van der Waals surface area contributed by atoms with Gasteiger partial charge < -0.3 is 10.6 Å². The monoisotopic (exact) mass is 230 g/mol. The quantitative estimate of drug-likeness (QED) is 0.635. The first-order chi connectivity index (χ1) is 8.08. The van der Waals surface area contributed by atoms with Gasteiger partial charge in [-0.2, -0.15) is 0 Å². The molecule has 0 saturated carbocycles. The maximum atomic E-state index is 12.2. The van der Waals surface area contributed by atoms with Crippen molar-refractivity contribution in [2.75, 3.05) is 18.8 Å². The summed E-state index contributed by atoms with van der Waals surface area (Å²) in [5.41, 5.74) is 7.92. The third-order valence-corrected chi connectivity index (χ3v) is 2.41. The number of aryl methyl sites for hydroxylation is 1. The van der Waals surface area contributed by atoms with Crippen LogP contribution in [0.25, 0.3) is 0 Å². The molecule has 0 spiro atoms. The molecule has 0 atom stereocenters. The number of nitrogens with zero attached hydrogens (tertiary/aromatic N) is 1. The summed E-state index contributed by atoms with van der Waals surface area (Å²) in [6.07, 6.45) is 6.15. The smallest absolute Gasteiger partial charge is 0.254 e. The van der Waals surface area contributed by atoms with Gasteiger partial charge in [-0.3, -0.25) is 4.79 Å². The number of rotatable bonds is 4. The number of terminal acetylenes is 1. The molecule has 0 saturated heterocycles. The zero-order valence-corrected chi connectivity index (χ0v) is 10.4. The summed E-state index contributed by atoms with van der Waals surface area (Å²) in [7, 11) is 0. The topological polar surface area (TPSA) is 46.3 Å². The summed E-state index contributed by atoms with van der Waals surface area (Å²) in [5.74, 6) is 2.45. The number of amides is 1. The second kappa shape index (κ2) is 5.95. The lowest BCUT2D eigenvalue weighted by atomic mass is 10.1. The Morgan fingerprint density at radius 1 is 1.47 bits per heavy atom. The van der Waals surface area contributed by atoms with Gasteiger partial charge in [0, 0.05) is 17.8 Å². The van der Waals surface area contributed by atoms with Crippen LogP contribution in [0, 0.1) is 19.3 Å². The van der Waals surface area contributed by atoms with Crippen molar-refractivity contribution >= 4 is 11.6 Å². The van der Waals surface area contributed by atoms with E-state index in [1.807, 2.05) is 26.0 Å². The molecule has 3 nitrogen and oxygen atoms in total. The van der Waals surface area contributed by atoms with Gasteiger partial charge in [0.1, 0.15) is 0 Å². The van der Waals surface area contributed by atoms with Crippen molar-refractivity contribution in [1.29, 1.82) is 0 Å². The molecule has 0 aliphatic carbocycles. The second-order valence-corrected chi connectivity index (χ2v) is 4.06. The highest BCUT2D eigenvalue weighted by Gasteiger charge is 2.14. The molecule has 90 valence electrons. The molecule has 0 bridgehead atoms. The lowest BCUT2D eigenvalue weighted by Gasteiger charge is -2.19. The lowest BCUT2D eigenvalue weighted by Crippen LogP contribution is -2.32. The SMILES string of the molecule is C#CCN(CCC)C(=O)c1cc(C)cc(N)c1. The molecule has 0 heterocycles. The third-order valence-electron chi connectivity index (χ3n) is 2.41. The Morgan fingerprint density at radius 3 is 2.71 bits per heavy atom. The largest absolute Gasteiger partial charge is 0.399 e. The van der Waals surface area contributed by atoms with Gasteiger partial charge in [-0.1, -0.05) is 12.8 Å². The molecule has 0 radical (unpaired) electrons. The summed E-state index contributed by atoms with van der Waals surface area (Å²) >= 11 is 0. The molecule has 1 aromatic rings. The van der Waals surface area contributed by atoms with Crippen LogP contribution in [0.15, 0.2) is 18.2 Å². The van der Waals surface area contributed by atoms with Crippen molar-refractivity contribution in [3.05, 3.63) is 29.3 Å². The molecule has 0 aliphatic rings. The van der Waals surface area contributed by atoms with Crippen molar-refractivity contribution in [2.45, 2.75) is 20.3 Å². The molecule has 1 rings (SSSR count). The summed E-state index contributed by atoms with van der Waals surface area (Å²) in [4.78, 5) is 13.9. The van der Waals surface area contributed by atoms with Gasteiger partial charge in [-0.25, -0.2) is 0 Å². The maximum absolute atomic E-state index is 12.2. The number of carbonyl (C=O) groups is 1. The van der Waals surface area contributed by atoms with Crippen LogP contribution < -0.4 is 5.73 Å². The average Bonchev–Trinajstić information content (AvgIpc) is 2.26. The minimum absolute atomic E-state index is 0.0554.